The molecule has 2 aromatic heterocycles. The Balaban J connectivity index is 1.56. The molecule has 1 unspecified atom stereocenters. The molecule has 126 valence electrons. The van der Waals surface area contributed by atoms with Gasteiger partial charge in [-0.1, -0.05) is 0 Å². The molecular weight excluding hydrogens is 376 g/mol. The van der Waals surface area contributed by atoms with Crippen LogP contribution in [0, 0.1) is 10.1 Å². The first-order chi connectivity index (χ1) is 11.6. The number of piperidine rings is 1. The van der Waals surface area contributed by atoms with Crippen molar-refractivity contribution in [3.63, 3.8) is 0 Å². The maximum absolute atomic E-state index is 10.9. The third-order valence-corrected chi connectivity index (χ3v) is 5.23. The van der Waals surface area contributed by atoms with Gasteiger partial charge in [0.1, 0.15) is 24.2 Å². The van der Waals surface area contributed by atoms with Crippen LogP contribution in [-0.4, -0.2) is 37.8 Å². The molecule has 0 aromatic carbocycles. The summed E-state index contributed by atoms with van der Waals surface area (Å²) in [5.41, 5.74) is -0.00680. The van der Waals surface area contributed by atoms with Crippen LogP contribution in [-0.2, 0) is 0 Å². The van der Waals surface area contributed by atoms with E-state index in [0.29, 0.717) is 16.4 Å². The molecule has 1 saturated heterocycles. The fourth-order valence-electron chi connectivity index (χ4n) is 3.31. The number of nitrogens with zero attached hydrogens (tertiary/aromatic N) is 6. The summed E-state index contributed by atoms with van der Waals surface area (Å²) in [6.07, 6.45) is 7.68. The van der Waals surface area contributed by atoms with Crippen LogP contribution in [0.1, 0.15) is 43.5 Å². The molecule has 24 heavy (non-hydrogen) atoms. The van der Waals surface area contributed by atoms with Crippen molar-refractivity contribution in [3.05, 3.63) is 39.0 Å². The Morgan fingerprint density at radius 3 is 2.88 bits per heavy atom. The van der Waals surface area contributed by atoms with Crippen LogP contribution in [0.3, 0.4) is 0 Å². The topological polar surface area (TPSA) is 90.0 Å². The molecule has 1 aliphatic carbocycles. The van der Waals surface area contributed by atoms with E-state index >= 15 is 0 Å². The number of aromatic nitrogens is 4. The van der Waals surface area contributed by atoms with Gasteiger partial charge >= 0.3 is 0 Å². The Morgan fingerprint density at radius 2 is 2.17 bits per heavy atom. The van der Waals surface area contributed by atoms with Crippen LogP contribution >= 0.6 is 15.9 Å². The van der Waals surface area contributed by atoms with E-state index in [-0.39, 0.29) is 5.69 Å². The van der Waals surface area contributed by atoms with Gasteiger partial charge in [0.15, 0.2) is 0 Å². The molecule has 0 radical (unpaired) electrons. The summed E-state index contributed by atoms with van der Waals surface area (Å²) in [4.78, 5) is 16.9. The van der Waals surface area contributed by atoms with Crippen molar-refractivity contribution in [2.24, 2.45) is 0 Å². The molecule has 0 spiro atoms. The highest BCUT2D eigenvalue weighted by molar-refractivity contribution is 9.10. The minimum absolute atomic E-state index is 0.00680. The third-order valence-electron chi connectivity index (χ3n) is 4.65. The van der Waals surface area contributed by atoms with E-state index in [2.05, 4.69) is 40.6 Å². The first-order valence-corrected chi connectivity index (χ1v) is 8.87. The molecule has 2 aliphatic rings. The Bertz CT molecular complexity index is 775. The summed E-state index contributed by atoms with van der Waals surface area (Å²) >= 11 is 3.43. The van der Waals surface area contributed by atoms with Crippen molar-refractivity contribution in [1.82, 2.24) is 19.7 Å². The number of hydrogen-bond donors (Lipinski definition) is 0. The van der Waals surface area contributed by atoms with Gasteiger partial charge < -0.3 is 9.47 Å². The maximum Gasteiger partial charge on any atom is 0.288 e. The van der Waals surface area contributed by atoms with Gasteiger partial charge in [0.05, 0.1) is 9.40 Å². The van der Waals surface area contributed by atoms with Crippen LogP contribution in [0.4, 0.5) is 11.5 Å². The average molecular weight is 393 g/mol. The van der Waals surface area contributed by atoms with Crippen LogP contribution in [0.15, 0.2) is 23.1 Å². The zero-order chi connectivity index (χ0) is 16.7. The molecule has 2 aromatic rings. The highest BCUT2D eigenvalue weighted by Gasteiger charge is 2.32. The van der Waals surface area contributed by atoms with Crippen molar-refractivity contribution in [2.45, 2.75) is 37.6 Å². The van der Waals surface area contributed by atoms with E-state index in [1.54, 1.807) is 0 Å². The minimum Gasteiger partial charge on any atom is -0.355 e. The molecule has 1 aliphatic heterocycles. The Labute approximate surface area is 147 Å². The lowest BCUT2D eigenvalue weighted by molar-refractivity contribution is -0.385. The van der Waals surface area contributed by atoms with E-state index in [1.165, 1.54) is 25.1 Å². The molecule has 9 heteroatoms. The standard InChI is InChI=1S/C15H17BrN6O2/c16-13-6-12(22(23)24)7-17-15(13)20-5-1-2-10(8-20)14-19-18-9-21(14)11-3-4-11/h6-7,9-11H,1-5,8H2. The van der Waals surface area contributed by atoms with Gasteiger partial charge in [0.2, 0.25) is 0 Å². The van der Waals surface area contributed by atoms with Gasteiger partial charge in [-0.25, -0.2) is 4.98 Å². The highest BCUT2D eigenvalue weighted by atomic mass is 79.9. The fraction of sp³-hybridized carbons (Fsp3) is 0.533. The van der Waals surface area contributed by atoms with Crippen molar-refractivity contribution in [1.29, 1.82) is 0 Å². The van der Waals surface area contributed by atoms with Gasteiger partial charge in [-0.3, -0.25) is 10.1 Å². The lowest BCUT2D eigenvalue weighted by Crippen LogP contribution is -2.36. The Hall–Kier alpha value is -2.03. The number of pyridine rings is 1. The number of rotatable bonds is 4. The molecule has 0 bridgehead atoms. The van der Waals surface area contributed by atoms with Crippen LogP contribution in [0.25, 0.3) is 0 Å². The first kappa shape index (κ1) is 15.5. The molecule has 1 saturated carbocycles. The lowest BCUT2D eigenvalue weighted by Gasteiger charge is -2.33. The van der Waals surface area contributed by atoms with Gasteiger partial charge in [0, 0.05) is 31.1 Å². The summed E-state index contributed by atoms with van der Waals surface area (Å²) in [5, 5.41) is 19.3. The monoisotopic (exact) mass is 392 g/mol. The largest absolute Gasteiger partial charge is 0.355 e. The molecule has 2 fully saturated rings. The summed E-state index contributed by atoms with van der Waals surface area (Å²) in [7, 11) is 0. The van der Waals surface area contributed by atoms with Crippen LogP contribution in [0.5, 0.6) is 0 Å². The molecule has 0 N–H and O–H groups in total. The second-order valence-electron chi connectivity index (χ2n) is 6.37. The van der Waals surface area contributed by atoms with Crippen molar-refractivity contribution >= 4 is 27.4 Å². The SMILES string of the molecule is O=[N+]([O-])c1cnc(N2CCCC(c3nncn3C3CC3)C2)c(Br)c1. The van der Waals surface area contributed by atoms with Crippen molar-refractivity contribution in [2.75, 3.05) is 18.0 Å². The van der Waals surface area contributed by atoms with Gasteiger partial charge in [-0.15, -0.1) is 10.2 Å². The minimum atomic E-state index is -0.432. The van der Waals surface area contributed by atoms with Gasteiger partial charge in [0.25, 0.3) is 5.69 Å². The lowest BCUT2D eigenvalue weighted by atomic mass is 9.97. The number of halogens is 1. The third kappa shape index (κ3) is 2.88. The molecular formula is C15H17BrN6O2. The summed E-state index contributed by atoms with van der Waals surface area (Å²) in [6, 6.07) is 2.08. The summed E-state index contributed by atoms with van der Waals surface area (Å²) in [6.45, 7) is 1.69. The predicted molar refractivity (Wildman–Crippen MR) is 91.1 cm³/mol. The highest BCUT2D eigenvalue weighted by Crippen LogP contribution is 2.39. The number of nitro groups is 1. The number of hydrogen-bond acceptors (Lipinski definition) is 6. The second-order valence-corrected chi connectivity index (χ2v) is 7.22. The molecule has 8 nitrogen and oxygen atoms in total. The van der Waals surface area contributed by atoms with Gasteiger partial charge in [-0.05, 0) is 41.6 Å². The second kappa shape index (κ2) is 6.12. The van der Waals surface area contributed by atoms with E-state index in [4.69, 9.17) is 0 Å². The maximum atomic E-state index is 10.9. The van der Waals surface area contributed by atoms with Crippen LogP contribution in [0.2, 0.25) is 0 Å². The quantitative estimate of drug-likeness (QED) is 0.586. The molecule has 0 amide bonds. The smallest absolute Gasteiger partial charge is 0.288 e. The zero-order valence-corrected chi connectivity index (χ0v) is 14.6. The van der Waals surface area contributed by atoms with E-state index in [9.17, 15) is 10.1 Å². The van der Waals surface area contributed by atoms with Crippen molar-refractivity contribution < 1.29 is 4.92 Å². The Kier molecular flexibility index (Phi) is 3.95. The molecule has 4 rings (SSSR count). The van der Waals surface area contributed by atoms with E-state index in [0.717, 1.165) is 37.6 Å². The van der Waals surface area contributed by atoms with Gasteiger partial charge in [-0.2, -0.15) is 0 Å². The average Bonchev–Trinajstić information content (AvgIpc) is 3.31. The molecule has 3 heterocycles. The van der Waals surface area contributed by atoms with Crippen molar-refractivity contribution in [3.8, 4) is 0 Å². The fourth-order valence-corrected chi connectivity index (χ4v) is 3.90. The summed E-state index contributed by atoms with van der Waals surface area (Å²) in [5.74, 6) is 2.12. The van der Waals surface area contributed by atoms with E-state index in [1.807, 2.05) is 6.33 Å². The predicted octanol–water partition coefficient (Wildman–Crippen LogP) is 3.06. The van der Waals surface area contributed by atoms with Crippen LogP contribution < -0.4 is 4.90 Å². The first-order valence-electron chi connectivity index (χ1n) is 8.08. The van der Waals surface area contributed by atoms with E-state index < -0.39 is 4.92 Å². The normalized spacial score (nSPS) is 21.0. The number of anilines is 1. The Morgan fingerprint density at radius 1 is 1.33 bits per heavy atom. The summed E-state index contributed by atoms with van der Waals surface area (Å²) < 4.78 is 2.87. The zero-order valence-electron chi connectivity index (χ0n) is 13.0. The molecule has 1 atom stereocenters.